The summed E-state index contributed by atoms with van der Waals surface area (Å²) in [6.07, 6.45) is 3.95. The Hall–Kier alpha value is -1.92. The normalized spacial score (nSPS) is 13.6. The summed E-state index contributed by atoms with van der Waals surface area (Å²) < 4.78 is 1.69. The Balaban J connectivity index is 2.24. The van der Waals surface area contributed by atoms with Gasteiger partial charge in [-0.15, -0.1) is 10.2 Å². The van der Waals surface area contributed by atoms with Crippen LogP contribution in [0.15, 0.2) is 30.9 Å². The van der Waals surface area contributed by atoms with Crippen molar-refractivity contribution in [2.24, 2.45) is 5.92 Å². The lowest BCUT2D eigenvalue weighted by Crippen LogP contribution is -2.42. The molecule has 22 heavy (non-hydrogen) atoms. The number of aliphatic hydroxyl groups excluding tert-OH is 1. The second-order valence-electron chi connectivity index (χ2n) is 5.18. The van der Waals surface area contributed by atoms with Crippen molar-refractivity contribution in [2.45, 2.75) is 26.3 Å². The van der Waals surface area contributed by atoms with Crippen LogP contribution in [-0.4, -0.2) is 38.4 Å². The molecule has 2 aromatic rings. The summed E-state index contributed by atoms with van der Waals surface area (Å²) in [7, 11) is 0. The van der Waals surface area contributed by atoms with Crippen LogP contribution in [0, 0.1) is 5.92 Å². The van der Waals surface area contributed by atoms with E-state index in [9.17, 15) is 9.90 Å². The molecule has 1 aromatic heterocycles. The van der Waals surface area contributed by atoms with E-state index >= 15 is 0 Å². The van der Waals surface area contributed by atoms with E-state index in [1.807, 2.05) is 13.8 Å². The van der Waals surface area contributed by atoms with Gasteiger partial charge in [0.25, 0.3) is 5.91 Å². The molecule has 0 fully saturated rings. The minimum atomic E-state index is -0.306. The van der Waals surface area contributed by atoms with Crippen molar-refractivity contribution in [1.29, 1.82) is 0 Å². The molecule has 0 aliphatic rings. The van der Waals surface area contributed by atoms with Crippen molar-refractivity contribution < 1.29 is 9.90 Å². The number of benzene rings is 1. The lowest BCUT2D eigenvalue weighted by Gasteiger charge is -2.22. The molecule has 7 heteroatoms. The quantitative estimate of drug-likeness (QED) is 0.853. The lowest BCUT2D eigenvalue weighted by atomic mass is 9.99. The molecule has 2 N–H and O–H groups in total. The Morgan fingerprint density at radius 2 is 2.09 bits per heavy atom. The van der Waals surface area contributed by atoms with Gasteiger partial charge < -0.3 is 10.4 Å². The first-order valence-corrected chi connectivity index (χ1v) is 7.50. The van der Waals surface area contributed by atoms with E-state index in [4.69, 9.17) is 11.6 Å². The summed E-state index contributed by atoms with van der Waals surface area (Å²) in [4.78, 5) is 12.4. The van der Waals surface area contributed by atoms with Gasteiger partial charge in [0.15, 0.2) is 0 Å². The van der Waals surface area contributed by atoms with E-state index in [0.717, 1.165) is 12.1 Å². The molecule has 0 aliphatic heterocycles. The number of aliphatic hydroxyl groups is 1. The average molecular weight is 323 g/mol. The summed E-state index contributed by atoms with van der Waals surface area (Å²) in [5.74, 6) is -0.131. The summed E-state index contributed by atoms with van der Waals surface area (Å²) >= 11 is 6.13. The number of carbonyl (C=O) groups excluding carboxylic acids is 1. The number of hydrogen-bond donors (Lipinski definition) is 2. The Morgan fingerprint density at radius 3 is 2.68 bits per heavy atom. The molecular formula is C15H19ClN4O2. The predicted molar refractivity (Wildman–Crippen MR) is 84.2 cm³/mol. The zero-order chi connectivity index (χ0) is 16.1. The molecule has 1 amide bonds. The maximum Gasteiger partial charge on any atom is 0.253 e. The third-order valence-electron chi connectivity index (χ3n) is 3.76. The number of carbonyl (C=O) groups is 1. The number of nitrogens with zero attached hydrogens (tertiary/aromatic N) is 3. The van der Waals surface area contributed by atoms with E-state index in [2.05, 4.69) is 15.5 Å². The summed E-state index contributed by atoms with van der Waals surface area (Å²) in [5.41, 5.74) is 1.10. The van der Waals surface area contributed by atoms with Crippen LogP contribution in [0.5, 0.6) is 0 Å². The Morgan fingerprint density at radius 1 is 1.41 bits per heavy atom. The van der Waals surface area contributed by atoms with Gasteiger partial charge in [0, 0.05) is 5.69 Å². The van der Waals surface area contributed by atoms with Gasteiger partial charge in [-0.3, -0.25) is 9.36 Å². The van der Waals surface area contributed by atoms with Crippen LogP contribution >= 0.6 is 11.6 Å². The van der Waals surface area contributed by atoms with Crippen molar-refractivity contribution >= 4 is 17.5 Å². The lowest BCUT2D eigenvalue weighted by molar-refractivity contribution is 0.0891. The maximum atomic E-state index is 12.4. The standard InChI is InChI=1S/C15H19ClN4O2/c1-3-10(2)14(7-21)19-15(22)12-6-11(4-5-13(12)16)20-8-17-18-9-20/h4-6,8-10,14,21H,3,7H2,1-2H3,(H,19,22)/t10-,14+/m0/s1. The molecule has 1 aromatic carbocycles. The van der Waals surface area contributed by atoms with E-state index in [1.54, 1.807) is 35.4 Å². The zero-order valence-corrected chi connectivity index (χ0v) is 13.3. The van der Waals surface area contributed by atoms with Gasteiger partial charge in [0.1, 0.15) is 12.7 Å². The third kappa shape index (κ3) is 3.64. The smallest absolute Gasteiger partial charge is 0.253 e. The fourth-order valence-corrected chi connectivity index (χ4v) is 2.28. The van der Waals surface area contributed by atoms with Crippen LogP contribution in [0.2, 0.25) is 5.02 Å². The molecule has 2 rings (SSSR count). The minimum absolute atomic E-state index is 0.108. The number of rotatable bonds is 6. The largest absolute Gasteiger partial charge is 0.394 e. The Labute approximate surface area is 134 Å². The number of nitrogens with one attached hydrogen (secondary N) is 1. The summed E-state index contributed by atoms with van der Waals surface area (Å²) in [6.45, 7) is 3.89. The van der Waals surface area contributed by atoms with Gasteiger partial charge in [-0.05, 0) is 24.1 Å². The first kappa shape index (κ1) is 16.5. The molecular weight excluding hydrogens is 304 g/mol. The number of hydrogen-bond acceptors (Lipinski definition) is 4. The SMILES string of the molecule is CC[C@H](C)[C@@H](CO)NC(=O)c1cc(-n2cnnc2)ccc1Cl. The van der Waals surface area contributed by atoms with Crippen molar-refractivity contribution in [1.82, 2.24) is 20.1 Å². The average Bonchev–Trinajstić information content (AvgIpc) is 3.06. The molecule has 0 radical (unpaired) electrons. The first-order chi connectivity index (χ1) is 10.6. The molecule has 0 saturated heterocycles. The van der Waals surface area contributed by atoms with E-state index in [-0.39, 0.29) is 24.5 Å². The van der Waals surface area contributed by atoms with Gasteiger partial charge in [-0.25, -0.2) is 0 Å². The van der Waals surface area contributed by atoms with Crippen LogP contribution in [0.25, 0.3) is 5.69 Å². The molecule has 0 aliphatic carbocycles. The van der Waals surface area contributed by atoms with Crippen LogP contribution in [0.4, 0.5) is 0 Å². The highest BCUT2D eigenvalue weighted by Crippen LogP contribution is 2.20. The maximum absolute atomic E-state index is 12.4. The monoisotopic (exact) mass is 322 g/mol. The van der Waals surface area contributed by atoms with E-state index in [1.165, 1.54) is 0 Å². The second kappa shape index (κ2) is 7.38. The molecule has 0 bridgehead atoms. The molecule has 0 saturated carbocycles. The highest BCUT2D eigenvalue weighted by molar-refractivity contribution is 6.33. The second-order valence-corrected chi connectivity index (χ2v) is 5.59. The van der Waals surface area contributed by atoms with Crippen LogP contribution in [-0.2, 0) is 0 Å². The first-order valence-electron chi connectivity index (χ1n) is 7.13. The van der Waals surface area contributed by atoms with Gasteiger partial charge in [-0.2, -0.15) is 0 Å². The number of halogens is 1. The highest BCUT2D eigenvalue weighted by Gasteiger charge is 2.20. The van der Waals surface area contributed by atoms with Crippen LogP contribution in [0.1, 0.15) is 30.6 Å². The minimum Gasteiger partial charge on any atom is -0.394 e. The summed E-state index contributed by atoms with van der Waals surface area (Å²) in [5, 5.41) is 20.1. The number of amides is 1. The molecule has 0 unspecified atom stereocenters. The van der Waals surface area contributed by atoms with Gasteiger partial charge in [-0.1, -0.05) is 31.9 Å². The summed E-state index contributed by atoms with van der Waals surface area (Å²) in [6, 6.07) is 4.81. The van der Waals surface area contributed by atoms with Gasteiger partial charge in [0.2, 0.25) is 0 Å². The van der Waals surface area contributed by atoms with E-state index in [0.29, 0.717) is 10.6 Å². The fourth-order valence-electron chi connectivity index (χ4n) is 2.08. The Kier molecular flexibility index (Phi) is 5.51. The molecule has 0 spiro atoms. The van der Waals surface area contributed by atoms with Crippen molar-refractivity contribution in [3.63, 3.8) is 0 Å². The van der Waals surface area contributed by atoms with Gasteiger partial charge in [0.05, 0.1) is 23.2 Å². The van der Waals surface area contributed by atoms with Gasteiger partial charge >= 0.3 is 0 Å². The van der Waals surface area contributed by atoms with Crippen molar-refractivity contribution in [3.8, 4) is 5.69 Å². The molecule has 2 atom stereocenters. The van der Waals surface area contributed by atoms with Crippen LogP contribution < -0.4 is 5.32 Å². The van der Waals surface area contributed by atoms with Crippen LogP contribution in [0.3, 0.4) is 0 Å². The van der Waals surface area contributed by atoms with Crippen molar-refractivity contribution in [2.75, 3.05) is 6.61 Å². The number of aromatic nitrogens is 3. The zero-order valence-electron chi connectivity index (χ0n) is 12.5. The van der Waals surface area contributed by atoms with Crippen molar-refractivity contribution in [3.05, 3.63) is 41.4 Å². The Bertz CT molecular complexity index is 630. The van der Waals surface area contributed by atoms with E-state index < -0.39 is 0 Å². The third-order valence-corrected chi connectivity index (χ3v) is 4.09. The predicted octanol–water partition coefficient (Wildman–Crippen LogP) is 2.06. The molecule has 118 valence electrons. The highest BCUT2D eigenvalue weighted by atomic mass is 35.5. The molecule has 6 nitrogen and oxygen atoms in total. The fraction of sp³-hybridized carbons (Fsp3) is 0.400. The molecule has 1 heterocycles. The topological polar surface area (TPSA) is 80.0 Å².